The largest absolute Gasteiger partial charge is 0.395 e. The van der Waals surface area contributed by atoms with E-state index in [4.69, 9.17) is 0 Å². The number of aliphatic hydroxyl groups is 2. The zero-order valence-corrected chi connectivity index (χ0v) is 17.9. The maximum absolute atomic E-state index is 10.7. The quantitative estimate of drug-likeness (QED) is 0.512. The van der Waals surface area contributed by atoms with Crippen LogP contribution in [0.5, 0.6) is 0 Å². The molecule has 0 rings (SSSR count). The molecule has 1 unspecified atom stereocenters. The Balaban J connectivity index is 5.38. The van der Waals surface area contributed by atoms with Crippen LogP contribution in [-0.4, -0.2) is 58.9 Å². The lowest BCUT2D eigenvalue weighted by molar-refractivity contribution is 0.0851. The summed E-state index contributed by atoms with van der Waals surface area (Å²) in [5.41, 5.74) is 4.25. The SMILES string of the molecule is C=C(C)N(C)C(/C=C\C(=C/C)C(O)CN(CCC)[C@@H](C)CO)=C(/C)CC. The first kappa shape index (κ1) is 24.6. The Morgan fingerprint density at radius 3 is 2.23 bits per heavy atom. The van der Waals surface area contributed by atoms with Crippen molar-refractivity contribution in [3.63, 3.8) is 0 Å². The van der Waals surface area contributed by atoms with E-state index in [1.54, 1.807) is 0 Å². The fourth-order valence-electron chi connectivity index (χ4n) is 2.72. The maximum atomic E-state index is 10.7. The highest BCUT2D eigenvalue weighted by Gasteiger charge is 2.18. The molecule has 2 atom stereocenters. The van der Waals surface area contributed by atoms with Crippen molar-refractivity contribution in [1.29, 1.82) is 0 Å². The van der Waals surface area contributed by atoms with E-state index >= 15 is 0 Å². The first-order chi connectivity index (χ1) is 12.2. The lowest BCUT2D eigenvalue weighted by atomic mass is 10.1. The van der Waals surface area contributed by atoms with E-state index in [1.165, 1.54) is 5.57 Å². The number of rotatable bonds is 12. The molecule has 0 radical (unpaired) electrons. The molecule has 4 nitrogen and oxygen atoms in total. The Labute approximate surface area is 161 Å². The van der Waals surface area contributed by atoms with Crippen molar-refractivity contribution in [2.24, 2.45) is 0 Å². The third kappa shape index (κ3) is 7.90. The predicted molar refractivity (Wildman–Crippen MR) is 113 cm³/mol. The predicted octanol–water partition coefficient (Wildman–Crippen LogP) is 4.09. The molecule has 0 aromatic heterocycles. The highest BCUT2D eigenvalue weighted by atomic mass is 16.3. The van der Waals surface area contributed by atoms with E-state index in [-0.39, 0.29) is 12.6 Å². The van der Waals surface area contributed by atoms with Crippen LogP contribution in [0.4, 0.5) is 0 Å². The van der Waals surface area contributed by atoms with Crippen molar-refractivity contribution in [3.05, 3.63) is 47.3 Å². The molecular formula is C22H40N2O2. The van der Waals surface area contributed by atoms with Gasteiger partial charge in [0, 0.05) is 31.0 Å². The molecule has 0 bridgehead atoms. The molecule has 0 aliphatic rings. The summed E-state index contributed by atoms with van der Waals surface area (Å²) in [7, 11) is 2.01. The Morgan fingerprint density at radius 1 is 1.19 bits per heavy atom. The van der Waals surface area contributed by atoms with E-state index in [1.807, 2.05) is 40.0 Å². The van der Waals surface area contributed by atoms with E-state index in [9.17, 15) is 10.2 Å². The lowest BCUT2D eigenvalue weighted by Gasteiger charge is -2.30. The zero-order chi connectivity index (χ0) is 20.3. The van der Waals surface area contributed by atoms with Gasteiger partial charge in [-0.15, -0.1) is 0 Å². The number of nitrogens with zero attached hydrogens (tertiary/aromatic N) is 2. The van der Waals surface area contributed by atoms with Crippen molar-refractivity contribution >= 4 is 0 Å². The Bertz CT molecular complexity index is 520. The molecule has 0 fully saturated rings. The van der Waals surface area contributed by atoms with Gasteiger partial charge in [0.05, 0.1) is 12.7 Å². The van der Waals surface area contributed by atoms with Crippen LogP contribution in [0.3, 0.4) is 0 Å². The molecule has 0 heterocycles. The second-order valence-corrected chi connectivity index (χ2v) is 6.98. The summed E-state index contributed by atoms with van der Waals surface area (Å²) in [5.74, 6) is 0. The molecule has 0 aromatic carbocycles. The monoisotopic (exact) mass is 364 g/mol. The molecule has 0 amide bonds. The van der Waals surface area contributed by atoms with Crippen LogP contribution in [0.15, 0.2) is 47.3 Å². The van der Waals surface area contributed by atoms with Crippen LogP contribution < -0.4 is 0 Å². The van der Waals surface area contributed by atoms with Gasteiger partial charge in [-0.25, -0.2) is 0 Å². The molecule has 0 saturated carbocycles. The van der Waals surface area contributed by atoms with Crippen molar-refractivity contribution in [1.82, 2.24) is 9.80 Å². The zero-order valence-electron chi connectivity index (χ0n) is 17.9. The molecule has 0 aliphatic carbocycles. The Kier molecular flexibility index (Phi) is 12.2. The number of aliphatic hydroxyl groups excluding tert-OH is 2. The molecule has 4 heteroatoms. The van der Waals surface area contributed by atoms with Gasteiger partial charge in [0.1, 0.15) is 0 Å². The second-order valence-electron chi connectivity index (χ2n) is 6.98. The van der Waals surface area contributed by atoms with Gasteiger partial charge in [-0.05, 0) is 64.3 Å². The Hall–Kier alpha value is -1.36. The highest BCUT2D eigenvalue weighted by Crippen LogP contribution is 2.19. The van der Waals surface area contributed by atoms with Gasteiger partial charge in [-0.1, -0.05) is 32.6 Å². The van der Waals surface area contributed by atoms with Gasteiger partial charge >= 0.3 is 0 Å². The van der Waals surface area contributed by atoms with E-state index in [0.717, 1.165) is 36.4 Å². The number of likely N-dealkylation sites (N-methyl/N-ethyl adjacent to an activating group) is 1. The van der Waals surface area contributed by atoms with Crippen molar-refractivity contribution < 1.29 is 10.2 Å². The minimum absolute atomic E-state index is 0.0408. The maximum Gasteiger partial charge on any atom is 0.0913 e. The normalized spacial score (nSPS) is 16.0. The lowest BCUT2D eigenvalue weighted by Crippen LogP contribution is -2.41. The Morgan fingerprint density at radius 2 is 1.81 bits per heavy atom. The van der Waals surface area contributed by atoms with Crippen molar-refractivity contribution in [2.75, 3.05) is 26.7 Å². The van der Waals surface area contributed by atoms with Gasteiger partial charge in [0.15, 0.2) is 0 Å². The first-order valence-corrected chi connectivity index (χ1v) is 9.69. The summed E-state index contributed by atoms with van der Waals surface area (Å²) >= 11 is 0. The fourth-order valence-corrected chi connectivity index (χ4v) is 2.72. The van der Waals surface area contributed by atoms with Crippen LogP contribution in [-0.2, 0) is 0 Å². The van der Waals surface area contributed by atoms with Gasteiger partial charge in [-0.2, -0.15) is 0 Å². The number of allylic oxidation sites excluding steroid dienone is 4. The third-order valence-electron chi connectivity index (χ3n) is 4.86. The molecule has 150 valence electrons. The first-order valence-electron chi connectivity index (χ1n) is 9.69. The summed E-state index contributed by atoms with van der Waals surface area (Å²) in [6, 6.07) is 0.0408. The van der Waals surface area contributed by atoms with Crippen molar-refractivity contribution in [3.8, 4) is 0 Å². The minimum Gasteiger partial charge on any atom is -0.395 e. The van der Waals surface area contributed by atoms with Gasteiger partial charge in [0.2, 0.25) is 0 Å². The summed E-state index contributed by atoms with van der Waals surface area (Å²) < 4.78 is 0. The third-order valence-corrected chi connectivity index (χ3v) is 4.86. The second kappa shape index (κ2) is 12.9. The average Bonchev–Trinajstić information content (AvgIpc) is 2.62. The number of hydrogen-bond donors (Lipinski definition) is 2. The number of hydrogen-bond acceptors (Lipinski definition) is 4. The summed E-state index contributed by atoms with van der Waals surface area (Å²) in [4.78, 5) is 4.21. The van der Waals surface area contributed by atoms with Crippen LogP contribution in [0.2, 0.25) is 0 Å². The molecule has 0 saturated heterocycles. The van der Waals surface area contributed by atoms with Gasteiger partial charge in [0.25, 0.3) is 0 Å². The molecule has 0 aliphatic heterocycles. The van der Waals surface area contributed by atoms with E-state index in [0.29, 0.717) is 6.54 Å². The molecule has 26 heavy (non-hydrogen) atoms. The highest BCUT2D eigenvalue weighted by molar-refractivity contribution is 5.33. The fraction of sp³-hybridized carbons (Fsp3) is 0.636. The smallest absolute Gasteiger partial charge is 0.0913 e. The molecular weight excluding hydrogens is 324 g/mol. The molecule has 0 aromatic rings. The van der Waals surface area contributed by atoms with Crippen LogP contribution >= 0.6 is 0 Å². The van der Waals surface area contributed by atoms with Gasteiger partial charge < -0.3 is 15.1 Å². The van der Waals surface area contributed by atoms with Crippen LogP contribution in [0.1, 0.15) is 54.4 Å². The summed E-state index contributed by atoms with van der Waals surface area (Å²) in [6.45, 7) is 17.8. The molecule has 2 N–H and O–H groups in total. The average molecular weight is 365 g/mol. The van der Waals surface area contributed by atoms with Crippen LogP contribution in [0, 0.1) is 0 Å². The summed E-state index contributed by atoms with van der Waals surface area (Å²) in [5, 5.41) is 20.2. The summed E-state index contributed by atoms with van der Waals surface area (Å²) in [6.07, 6.45) is 7.37. The van der Waals surface area contributed by atoms with Crippen molar-refractivity contribution in [2.45, 2.75) is 66.5 Å². The standard InChI is InChI=1S/C22H40N2O2/c1-9-14-24(19(7)16-25)15-22(26)20(11-3)12-13-21(18(6)10-2)23(8)17(4)5/h11-13,19,22,25-26H,4,9-10,14-16H2,1-3,5-8H3/b13-12-,20-11+,21-18-/t19-,22?/m0/s1. The van der Waals surface area contributed by atoms with Gasteiger partial charge in [-0.3, -0.25) is 4.90 Å². The van der Waals surface area contributed by atoms with E-state index < -0.39 is 6.10 Å². The minimum atomic E-state index is -0.588. The van der Waals surface area contributed by atoms with E-state index in [2.05, 4.69) is 43.2 Å². The topological polar surface area (TPSA) is 46.9 Å². The molecule has 0 spiro atoms. The van der Waals surface area contributed by atoms with Crippen LogP contribution in [0.25, 0.3) is 0 Å².